The van der Waals surface area contributed by atoms with E-state index in [4.69, 9.17) is 23.9 Å². The van der Waals surface area contributed by atoms with Crippen molar-refractivity contribution < 1.29 is 28.5 Å². The van der Waals surface area contributed by atoms with E-state index >= 15 is 0 Å². The average Bonchev–Trinajstić information content (AvgIpc) is 3.45. The second-order valence-electron chi connectivity index (χ2n) is 8.59. The second kappa shape index (κ2) is 14.3. The molecule has 4 rings (SSSR count). The van der Waals surface area contributed by atoms with Crippen LogP contribution in [0.25, 0.3) is 22.4 Å². The van der Waals surface area contributed by atoms with Crippen molar-refractivity contribution >= 4 is 40.1 Å². The Bertz CT molecular complexity index is 1590. The number of nitrogens with zero attached hydrogens (tertiary/aromatic N) is 3. The SMILES string of the molecule is CCOC(=O)Cc1csc(NC(=O)CSc2nc(-c3ccccc3)cc(-c3cc(OC)c(OC)c(OC)c3)c2C#N)n1. The van der Waals surface area contributed by atoms with Crippen LogP contribution in [0.2, 0.25) is 0 Å². The van der Waals surface area contributed by atoms with Crippen molar-refractivity contribution in [3.63, 3.8) is 0 Å². The Balaban J connectivity index is 1.66. The number of amides is 1. The average molecular weight is 605 g/mol. The van der Waals surface area contributed by atoms with Crippen molar-refractivity contribution in [3.05, 3.63) is 65.2 Å². The van der Waals surface area contributed by atoms with Gasteiger partial charge in [0.15, 0.2) is 16.6 Å². The molecule has 2 aromatic carbocycles. The van der Waals surface area contributed by atoms with Gasteiger partial charge in [-0.15, -0.1) is 11.3 Å². The summed E-state index contributed by atoms with van der Waals surface area (Å²) in [5.41, 5.74) is 3.54. The zero-order valence-corrected chi connectivity index (χ0v) is 25.1. The number of carbonyl (C=O) groups excluding carboxylic acids is 2. The van der Waals surface area contributed by atoms with Gasteiger partial charge in [-0.05, 0) is 30.7 Å². The molecule has 0 bridgehead atoms. The Morgan fingerprint density at radius 3 is 2.33 bits per heavy atom. The zero-order valence-electron chi connectivity index (χ0n) is 23.4. The third-order valence-electron chi connectivity index (χ3n) is 5.91. The molecule has 10 nitrogen and oxygen atoms in total. The lowest BCUT2D eigenvalue weighted by atomic mass is 9.98. The lowest BCUT2D eigenvalue weighted by Gasteiger charge is -2.16. The zero-order chi connectivity index (χ0) is 30.1. The van der Waals surface area contributed by atoms with Gasteiger partial charge in [-0.25, -0.2) is 9.97 Å². The molecule has 0 fully saturated rings. The third kappa shape index (κ3) is 7.18. The van der Waals surface area contributed by atoms with Crippen molar-refractivity contribution in [1.82, 2.24) is 9.97 Å². The third-order valence-corrected chi connectivity index (χ3v) is 7.69. The smallest absolute Gasteiger partial charge is 0.311 e. The molecule has 0 unspecified atom stereocenters. The van der Waals surface area contributed by atoms with Crippen LogP contribution in [0.5, 0.6) is 17.2 Å². The Labute approximate surface area is 251 Å². The molecule has 2 heterocycles. The van der Waals surface area contributed by atoms with Gasteiger partial charge in [0.2, 0.25) is 11.7 Å². The van der Waals surface area contributed by atoms with Crippen LogP contribution >= 0.6 is 23.1 Å². The molecule has 0 radical (unpaired) electrons. The van der Waals surface area contributed by atoms with Crippen molar-refractivity contribution in [2.24, 2.45) is 0 Å². The maximum atomic E-state index is 12.9. The van der Waals surface area contributed by atoms with E-state index in [0.29, 0.717) is 55.5 Å². The summed E-state index contributed by atoms with van der Waals surface area (Å²) in [6, 6.07) is 17.2. The minimum absolute atomic E-state index is 0.0264. The summed E-state index contributed by atoms with van der Waals surface area (Å²) in [5.74, 6) is 0.566. The predicted molar refractivity (Wildman–Crippen MR) is 161 cm³/mol. The molecule has 12 heteroatoms. The number of aromatic nitrogens is 2. The fourth-order valence-corrected chi connectivity index (χ4v) is 5.58. The van der Waals surface area contributed by atoms with Crippen LogP contribution in [0.1, 0.15) is 18.2 Å². The predicted octanol–water partition coefficient (Wildman–Crippen LogP) is 5.61. The molecule has 0 saturated carbocycles. The van der Waals surface area contributed by atoms with Gasteiger partial charge < -0.3 is 24.3 Å². The molecule has 0 aliphatic carbocycles. The van der Waals surface area contributed by atoms with Gasteiger partial charge in [-0.3, -0.25) is 9.59 Å². The summed E-state index contributed by atoms with van der Waals surface area (Å²) in [6.07, 6.45) is 0.0282. The monoisotopic (exact) mass is 604 g/mol. The normalized spacial score (nSPS) is 10.5. The minimum atomic E-state index is -0.382. The van der Waals surface area contributed by atoms with Crippen LogP contribution in [0, 0.1) is 11.3 Å². The van der Waals surface area contributed by atoms with Gasteiger partial charge in [0.05, 0.1) is 57.1 Å². The summed E-state index contributed by atoms with van der Waals surface area (Å²) < 4.78 is 21.5. The van der Waals surface area contributed by atoms with Gasteiger partial charge in [0, 0.05) is 16.5 Å². The van der Waals surface area contributed by atoms with Crippen molar-refractivity contribution in [1.29, 1.82) is 5.26 Å². The molecule has 216 valence electrons. The molecule has 1 amide bonds. The molecular formula is C30H28N4O6S2. The van der Waals surface area contributed by atoms with Crippen LogP contribution in [-0.2, 0) is 20.7 Å². The Hall–Kier alpha value is -4.60. The number of rotatable bonds is 12. The number of anilines is 1. The number of carbonyl (C=O) groups is 2. The molecule has 2 aromatic heterocycles. The van der Waals surface area contributed by atoms with E-state index < -0.39 is 0 Å². The van der Waals surface area contributed by atoms with Gasteiger partial charge in [0.1, 0.15) is 11.1 Å². The highest BCUT2D eigenvalue weighted by Crippen LogP contribution is 2.43. The quantitative estimate of drug-likeness (QED) is 0.161. The first-order chi connectivity index (χ1) is 20.4. The van der Waals surface area contributed by atoms with E-state index in [1.165, 1.54) is 32.7 Å². The van der Waals surface area contributed by atoms with E-state index in [1.807, 2.05) is 36.4 Å². The van der Waals surface area contributed by atoms with Gasteiger partial charge in [0.25, 0.3) is 0 Å². The lowest BCUT2D eigenvalue weighted by molar-refractivity contribution is -0.142. The summed E-state index contributed by atoms with van der Waals surface area (Å²) in [4.78, 5) is 33.6. The van der Waals surface area contributed by atoms with E-state index in [9.17, 15) is 14.9 Å². The largest absolute Gasteiger partial charge is 0.493 e. The first kappa shape index (κ1) is 30.4. The first-order valence-corrected chi connectivity index (χ1v) is 14.6. The Kier molecular flexibility index (Phi) is 10.4. The number of nitriles is 1. The lowest BCUT2D eigenvalue weighted by Crippen LogP contribution is -2.14. The molecule has 0 atom stereocenters. The van der Waals surface area contributed by atoms with Crippen molar-refractivity contribution in [2.45, 2.75) is 18.4 Å². The highest BCUT2D eigenvalue weighted by molar-refractivity contribution is 8.00. The standard InChI is InChI=1S/C30H28N4O6S2/c1-5-40-27(36)13-20-16-42-30(32-20)34-26(35)17-41-29-22(15-31)21(14-23(33-29)18-9-7-6-8-10-18)19-11-24(37-2)28(39-4)25(12-19)38-3/h6-12,14,16H,5,13,17H2,1-4H3,(H,32,34,35). The number of pyridine rings is 1. The molecule has 42 heavy (non-hydrogen) atoms. The molecule has 0 aliphatic rings. The van der Waals surface area contributed by atoms with Crippen LogP contribution < -0.4 is 19.5 Å². The maximum absolute atomic E-state index is 12.9. The number of hydrogen-bond donors (Lipinski definition) is 1. The van der Waals surface area contributed by atoms with Crippen LogP contribution in [0.3, 0.4) is 0 Å². The fraction of sp³-hybridized carbons (Fsp3) is 0.233. The molecule has 0 spiro atoms. The minimum Gasteiger partial charge on any atom is -0.493 e. The van der Waals surface area contributed by atoms with E-state index in [0.717, 1.165) is 17.3 Å². The molecule has 1 N–H and O–H groups in total. The molecule has 0 saturated heterocycles. The second-order valence-corrected chi connectivity index (χ2v) is 10.4. The number of thiazole rings is 1. The van der Waals surface area contributed by atoms with Crippen molar-refractivity contribution in [2.75, 3.05) is 39.0 Å². The van der Waals surface area contributed by atoms with E-state index in [1.54, 1.807) is 24.4 Å². The molecule has 0 aliphatic heterocycles. The number of benzene rings is 2. The summed E-state index contributed by atoms with van der Waals surface area (Å²) in [5, 5.41) is 15.5. The highest BCUT2D eigenvalue weighted by Gasteiger charge is 2.21. The summed E-state index contributed by atoms with van der Waals surface area (Å²) >= 11 is 2.35. The van der Waals surface area contributed by atoms with Gasteiger partial charge in [-0.2, -0.15) is 5.26 Å². The number of nitrogens with one attached hydrogen (secondary N) is 1. The van der Waals surface area contributed by atoms with Gasteiger partial charge in [-0.1, -0.05) is 42.1 Å². The highest BCUT2D eigenvalue weighted by atomic mass is 32.2. The maximum Gasteiger partial charge on any atom is 0.311 e. The molecular weight excluding hydrogens is 576 g/mol. The number of thioether (sulfide) groups is 1. The van der Waals surface area contributed by atoms with Gasteiger partial charge >= 0.3 is 5.97 Å². The number of methoxy groups -OCH3 is 3. The van der Waals surface area contributed by atoms with Crippen LogP contribution in [0.4, 0.5) is 5.13 Å². The Morgan fingerprint density at radius 2 is 1.71 bits per heavy atom. The van der Waals surface area contributed by atoms with Crippen LogP contribution in [0.15, 0.2) is 58.9 Å². The number of esters is 1. The number of ether oxygens (including phenoxy) is 4. The first-order valence-electron chi connectivity index (χ1n) is 12.7. The topological polar surface area (TPSA) is 133 Å². The summed E-state index contributed by atoms with van der Waals surface area (Å²) in [6.45, 7) is 2.02. The summed E-state index contributed by atoms with van der Waals surface area (Å²) in [7, 11) is 4.57. The molecule has 4 aromatic rings. The Morgan fingerprint density at radius 1 is 1.00 bits per heavy atom. The van der Waals surface area contributed by atoms with E-state index in [2.05, 4.69) is 16.4 Å². The van der Waals surface area contributed by atoms with Crippen LogP contribution in [-0.4, -0.2) is 55.5 Å². The fourth-order valence-electron chi connectivity index (χ4n) is 4.05. The van der Waals surface area contributed by atoms with E-state index in [-0.39, 0.29) is 30.7 Å². The van der Waals surface area contributed by atoms with Crippen molar-refractivity contribution in [3.8, 4) is 45.7 Å². The number of hydrogen-bond acceptors (Lipinski definition) is 11.